The third kappa shape index (κ3) is 4.61. The summed E-state index contributed by atoms with van der Waals surface area (Å²) in [5.41, 5.74) is 7.03. The van der Waals surface area contributed by atoms with Gasteiger partial charge < -0.3 is 14.8 Å². The molecule has 2 N–H and O–H groups in total. The molecule has 0 bridgehead atoms. The third-order valence-corrected chi connectivity index (χ3v) is 7.76. The van der Waals surface area contributed by atoms with Crippen molar-refractivity contribution in [1.82, 2.24) is 39.9 Å². The number of H-pyrrole nitrogens is 2. The number of anilines is 1. The summed E-state index contributed by atoms with van der Waals surface area (Å²) in [5, 5.41) is 8.43. The van der Waals surface area contributed by atoms with Crippen LogP contribution in [0, 0.1) is 0 Å². The standard InChI is InChI=1S/C28H29F2N9/c1-37-7-9-39(10-8-37)23-4-2-3-22-25(23)34-27(33-22)24-21-12-20(15-32-26(21)36-35-24)19-11-18(13-31-14-19)16-38-6-5-28(29,30)17-38/h2-4,11-15H,5-10,16-17H2,1H3,(H,33,34)(H,32,35,36). The topological polar surface area (TPSA) is 92.9 Å². The van der Waals surface area contributed by atoms with Gasteiger partial charge in [-0.3, -0.25) is 15.0 Å². The number of imidazole rings is 1. The fourth-order valence-electron chi connectivity index (χ4n) is 5.61. The molecule has 200 valence electrons. The van der Waals surface area contributed by atoms with E-state index in [1.165, 1.54) is 0 Å². The Kier molecular flexibility index (Phi) is 5.78. The molecule has 5 aromatic rings. The van der Waals surface area contributed by atoms with Crippen LogP contribution >= 0.6 is 0 Å². The fourth-order valence-corrected chi connectivity index (χ4v) is 5.61. The number of halogens is 2. The predicted molar refractivity (Wildman–Crippen MR) is 147 cm³/mol. The maximum atomic E-state index is 13.6. The molecule has 4 aromatic heterocycles. The van der Waals surface area contributed by atoms with Crippen molar-refractivity contribution in [3.8, 4) is 22.6 Å². The monoisotopic (exact) mass is 529 g/mol. The molecule has 0 amide bonds. The molecule has 2 aliphatic rings. The van der Waals surface area contributed by atoms with Crippen molar-refractivity contribution in [1.29, 1.82) is 0 Å². The van der Waals surface area contributed by atoms with Gasteiger partial charge >= 0.3 is 0 Å². The lowest BCUT2D eigenvalue weighted by Crippen LogP contribution is -2.44. The Morgan fingerprint density at radius 2 is 1.85 bits per heavy atom. The van der Waals surface area contributed by atoms with Gasteiger partial charge in [0.2, 0.25) is 0 Å². The van der Waals surface area contributed by atoms with E-state index >= 15 is 0 Å². The lowest BCUT2D eigenvalue weighted by molar-refractivity contribution is 0.0115. The number of para-hydroxylation sites is 1. The second kappa shape index (κ2) is 9.35. The largest absolute Gasteiger partial charge is 0.367 e. The van der Waals surface area contributed by atoms with Crippen molar-refractivity contribution in [3.63, 3.8) is 0 Å². The molecule has 2 fully saturated rings. The smallest absolute Gasteiger partial charge is 0.261 e. The van der Waals surface area contributed by atoms with Crippen LogP contribution in [0.5, 0.6) is 0 Å². The summed E-state index contributed by atoms with van der Waals surface area (Å²) in [6.45, 7) is 4.58. The molecule has 2 aliphatic heterocycles. The molecule has 2 saturated heterocycles. The van der Waals surface area contributed by atoms with E-state index in [0.29, 0.717) is 30.3 Å². The Hall–Kier alpha value is -3.96. The maximum Gasteiger partial charge on any atom is 0.261 e. The van der Waals surface area contributed by atoms with Gasteiger partial charge in [0.25, 0.3) is 5.92 Å². The first-order valence-corrected chi connectivity index (χ1v) is 13.2. The number of fused-ring (bicyclic) bond motifs is 2. The van der Waals surface area contributed by atoms with Crippen LogP contribution in [0.2, 0.25) is 0 Å². The number of benzene rings is 1. The molecule has 7 rings (SSSR count). The number of likely N-dealkylation sites (tertiary alicyclic amines) is 1. The van der Waals surface area contributed by atoms with Crippen molar-refractivity contribution in [3.05, 3.63) is 54.5 Å². The molecular formula is C28H29F2N9. The van der Waals surface area contributed by atoms with Crippen molar-refractivity contribution in [2.24, 2.45) is 0 Å². The molecule has 9 nitrogen and oxygen atoms in total. The SMILES string of the molecule is CN1CCN(c2cccc3[nH]c(-c4n[nH]c5ncc(-c6cncc(CN7CCC(F)(F)C7)c6)cc45)nc23)CC1. The number of nitrogens with one attached hydrogen (secondary N) is 2. The molecule has 11 heteroatoms. The Labute approximate surface area is 223 Å². The molecule has 0 radical (unpaired) electrons. The highest BCUT2D eigenvalue weighted by Crippen LogP contribution is 2.33. The van der Waals surface area contributed by atoms with E-state index in [1.807, 2.05) is 18.2 Å². The highest BCUT2D eigenvalue weighted by molar-refractivity contribution is 5.96. The van der Waals surface area contributed by atoms with Gasteiger partial charge in [0, 0.05) is 75.4 Å². The van der Waals surface area contributed by atoms with E-state index < -0.39 is 5.92 Å². The van der Waals surface area contributed by atoms with E-state index in [1.54, 1.807) is 23.5 Å². The van der Waals surface area contributed by atoms with E-state index in [0.717, 1.165) is 65.0 Å². The second-order valence-electron chi connectivity index (χ2n) is 10.6. The molecule has 39 heavy (non-hydrogen) atoms. The summed E-state index contributed by atoms with van der Waals surface area (Å²) in [5.74, 6) is -1.93. The Morgan fingerprint density at radius 3 is 2.67 bits per heavy atom. The summed E-state index contributed by atoms with van der Waals surface area (Å²) in [6.07, 6.45) is 5.19. The minimum Gasteiger partial charge on any atom is -0.367 e. The number of hydrogen-bond acceptors (Lipinski definition) is 7. The minimum absolute atomic E-state index is 0.0946. The zero-order valence-corrected chi connectivity index (χ0v) is 21.7. The summed E-state index contributed by atoms with van der Waals surface area (Å²) in [4.78, 5) is 23.9. The highest BCUT2D eigenvalue weighted by atomic mass is 19.3. The first-order chi connectivity index (χ1) is 18.9. The van der Waals surface area contributed by atoms with Gasteiger partial charge in [-0.1, -0.05) is 6.07 Å². The number of aromatic nitrogens is 6. The number of alkyl halides is 2. The number of pyridine rings is 2. The Balaban J connectivity index is 1.21. The molecular weight excluding hydrogens is 500 g/mol. The zero-order chi connectivity index (χ0) is 26.6. The second-order valence-corrected chi connectivity index (χ2v) is 10.6. The van der Waals surface area contributed by atoms with Gasteiger partial charge in [0.15, 0.2) is 11.5 Å². The van der Waals surface area contributed by atoms with Crippen LogP contribution in [0.25, 0.3) is 44.7 Å². The molecule has 1 aromatic carbocycles. The molecule has 6 heterocycles. The van der Waals surface area contributed by atoms with Crippen LogP contribution in [0.15, 0.2) is 48.9 Å². The average Bonchev–Trinajstić information content (AvgIpc) is 3.64. The maximum absolute atomic E-state index is 13.6. The minimum atomic E-state index is -2.61. The van der Waals surface area contributed by atoms with Gasteiger partial charge in [-0.05, 0) is 36.9 Å². The normalized spacial score (nSPS) is 18.5. The van der Waals surface area contributed by atoms with Crippen molar-refractivity contribution in [2.75, 3.05) is 51.2 Å². The van der Waals surface area contributed by atoms with Crippen molar-refractivity contribution in [2.45, 2.75) is 18.9 Å². The number of aromatic amines is 2. The first-order valence-electron chi connectivity index (χ1n) is 13.2. The molecule has 0 aliphatic carbocycles. The first kappa shape index (κ1) is 24.1. The predicted octanol–water partition coefficient (Wildman–Crippen LogP) is 4.16. The van der Waals surface area contributed by atoms with Crippen LogP contribution in [0.1, 0.15) is 12.0 Å². The van der Waals surface area contributed by atoms with Crippen LogP contribution in [0.3, 0.4) is 0 Å². The van der Waals surface area contributed by atoms with Crippen molar-refractivity contribution < 1.29 is 8.78 Å². The Morgan fingerprint density at radius 1 is 1.00 bits per heavy atom. The lowest BCUT2D eigenvalue weighted by atomic mass is 10.1. The number of piperazine rings is 1. The van der Waals surface area contributed by atoms with Gasteiger partial charge in [-0.15, -0.1) is 0 Å². The molecule has 0 atom stereocenters. The van der Waals surface area contributed by atoms with E-state index in [-0.39, 0.29) is 13.0 Å². The number of hydrogen-bond donors (Lipinski definition) is 2. The molecule has 0 spiro atoms. The van der Waals surface area contributed by atoms with Crippen LogP contribution in [-0.2, 0) is 6.54 Å². The van der Waals surface area contributed by atoms with Gasteiger partial charge in [-0.25, -0.2) is 18.7 Å². The quantitative estimate of drug-likeness (QED) is 0.353. The average molecular weight is 530 g/mol. The van der Waals surface area contributed by atoms with Gasteiger partial charge in [0.05, 0.1) is 23.1 Å². The third-order valence-electron chi connectivity index (χ3n) is 7.76. The van der Waals surface area contributed by atoms with E-state index in [2.05, 4.69) is 54.1 Å². The molecule has 0 unspecified atom stereocenters. The number of rotatable bonds is 5. The van der Waals surface area contributed by atoms with E-state index in [4.69, 9.17) is 4.98 Å². The Bertz CT molecular complexity index is 1650. The van der Waals surface area contributed by atoms with Gasteiger partial charge in [-0.2, -0.15) is 5.10 Å². The van der Waals surface area contributed by atoms with Crippen LogP contribution < -0.4 is 4.90 Å². The van der Waals surface area contributed by atoms with Gasteiger partial charge in [0.1, 0.15) is 11.2 Å². The lowest BCUT2D eigenvalue weighted by Gasteiger charge is -2.34. The van der Waals surface area contributed by atoms with Crippen LogP contribution in [-0.4, -0.2) is 92.2 Å². The number of nitrogens with zero attached hydrogens (tertiary/aromatic N) is 7. The highest BCUT2D eigenvalue weighted by Gasteiger charge is 2.37. The van der Waals surface area contributed by atoms with Crippen molar-refractivity contribution >= 4 is 27.8 Å². The fraction of sp³-hybridized carbons (Fsp3) is 0.357. The number of likely N-dealkylation sites (N-methyl/N-ethyl adjacent to an activating group) is 1. The van der Waals surface area contributed by atoms with E-state index in [9.17, 15) is 8.78 Å². The summed E-state index contributed by atoms with van der Waals surface area (Å²) in [7, 11) is 2.15. The van der Waals surface area contributed by atoms with Crippen LogP contribution in [0.4, 0.5) is 14.5 Å². The zero-order valence-electron chi connectivity index (χ0n) is 21.7. The summed E-state index contributed by atoms with van der Waals surface area (Å²) >= 11 is 0. The summed E-state index contributed by atoms with van der Waals surface area (Å²) in [6, 6.07) is 10.3. The summed E-state index contributed by atoms with van der Waals surface area (Å²) < 4.78 is 27.3. The molecule has 0 saturated carbocycles.